The molecule has 6 nitrogen and oxygen atoms in total. The Balaban J connectivity index is 2.18. The zero-order valence-electron chi connectivity index (χ0n) is 13.6. The molecule has 2 atom stereocenters. The highest BCUT2D eigenvalue weighted by Gasteiger charge is 2.40. The standard InChI is InChI=1S/C17H22N2O4/c1-11(2)16(17(22)23)19-10-14(20)18(9-15(19)21)12(3)13-7-5-4-6-8-13/h4-8,11-12,16H,9-10H2,1-3H3,(H,22,23)/t12-,16-/m0/s1. The van der Waals surface area contributed by atoms with E-state index in [1.807, 2.05) is 37.3 Å². The van der Waals surface area contributed by atoms with E-state index in [0.717, 1.165) is 5.56 Å². The number of hydrogen-bond donors (Lipinski definition) is 1. The maximum absolute atomic E-state index is 12.5. The molecule has 1 aromatic carbocycles. The number of carboxylic acid groups (broad SMARTS) is 1. The summed E-state index contributed by atoms with van der Waals surface area (Å²) in [7, 11) is 0. The molecule has 1 N–H and O–H groups in total. The van der Waals surface area contributed by atoms with Gasteiger partial charge in [0.25, 0.3) is 0 Å². The average molecular weight is 318 g/mol. The normalized spacial score (nSPS) is 18.3. The maximum atomic E-state index is 12.5. The summed E-state index contributed by atoms with van der Waals surface area (Å²) in [4.78, 5) is 39.0. The van der Waals surface area contributed by atoms with Crippen molar-refractivity contribution in [2.24, 2.45) is 5.92 Å². The van der Waals surface area contributed by atoms with Crippen LogP contribution in [-0.4, -0.2) is 51.8 Å². The van der Waals surface area contributed by atoms with E-state index in [0.29, 0.717) is 0 Å². The van der Waals surface area contributed by atoms with Gasteiger partial charge in [-0.2, -0.15) is 0 Å². The number of rotatable bonds is 5. The Kier molecular flexibility index (Phi) is 5.03. The molecule has 0 spiro atoms. The Hall–Kier alpha value is -2.37. The van der Waals surface area contributed by atoms with Crippen molar-refractivity contribution in [3.05, 3.63) is 35.9 Å². The highest BCUT2D eigenvalue weighted by Crippen LogP contribution is 2.24. The predicted octanol–water partition coefficient (Wildman–Crippen LogP) is 1.53. The van der Waals surface area contributed by atoms with Crippen molar-refractivity contribution in [1.29, 1.82) is 0 Å². The fourth-order valence-electron chi connectivity index (χ4n) is 2.95. The molecule has 0 aromatic heterocycles. The minimum atomic E-state index is -1.08. The van der Waals surface area contributed by atoms with Crippen molar-refractivity contribution in [3.63, 3.8) is 0 Å². The lowest BCUT2D eigenvalue weighted by Gasteiger charge is -2.40. The van der Waals surface area contributed by atoms with Crippen molar-refractivity contribution in [3.8, 4) is 0 Å². The molecule has 1 fully saturated rings. The fourth-order valence-corrected chi connectivity index (χ4v) is 2.95. The summed E-state index contributed by atoms with van der Waals surface area (Å²) in [5.74, 6) is -1.89. The molecule has 6 heteroatoms. The van der Waals surface area contributed by atoms with Gasteiger partial charge >= 0.3 is 5.97 Å². The monoisotopic (exact) mass is 318 g/mol. The van der Waals surface area contributed by atoms with Crippen LogP contribution in [0, 0.1) is 5.92 Å². The minimum Gasteiger partial charge on any atom is -0.480 e. The molecule has 0 aliphatic carbocycles. The molecule has 2 rings (SSSR count). The van der Waals surface area contributed by atoms with Gasteiger partial charge in [-0.1, -0.05) is 44.2 Å². The summed E-state index contributed by atoms with van der Waals surface area (Å²) in [5, 5.41) is 9.33. The Bertz CT molecular complexity index is 600. The van der Waals surface area contributed by atoms with E-state index in [4.69, 9.17) is 0 Å². The van der Waals surface area contributed by atoms with Gasteiger partial charge in [0.15, 0.2) is 0 Å². The van der Waals surface area contributed by atoms with E-state index >= 15 is 0 Å². The van der Waals surface area contributed by atoms with Gasteiger partial charge in [0.1, 0.15) is 19.1 Å². The second-order valence-electron chi connectivity index (χ2n) is 6.16. The highest BCUT2D eigenvalue weighted by atomic mass is 16.4. The van der Waals surface area contributed by atoms with E-state index < -0.39 is 12.0 Å². The number of piperazine rings is 1. The van der Waals surface area contributed by atoms with Gasteiger partial charge in [-0.3, -0.25) is 9.59 Å². The number of nitrogens with zero attached hydrogens (tertiary/aromatic N) is 2. The summed E-state index contributed by atoms with van der Waals surface area (Å²) in [5.41, 5.74) is 0.945. The zero-order chi connectivity index (χ0) is 17.1. The first kappa shape index (κ1) is 17.0. The third-order valence-electron chi connectivity index (χ3n) is 4.22. The summed E-state index contributed by atoms with van der Waals surface area (Å²) in [6.45, 7) is 5.05. The molecule has 2 amide bonds. The lowest BCUT2D eigenvalue weighted by molar-refractivity contribution is -0.162. The van der Waals surface area contributed by atoms with Crippen LogP contribution in [0.1, 0.15) is 32.4 Å². The SMILES string of the molecule is CC(C)[C@@H](C(=O)O)N1CC(=O)N([C@@H](C)c2ccccc2)CC1=O. The molecule has 1 saturated heterocycles. The van der Waals surface area contributed by atoms with Crippen LogP contribution in [0.15, 0.2) is 30.3 Å². The Morgan fingerprint density at radius 2 is 1.52 bits per heavy atom. The number of amides is 2. The second-order valence-corrected chi connectivity index (χ2v) is 6.16. The molecule has 1 heterocycles. The molecule has 1 aromatic rings. The predicted molar refractivity (Wildman–Crippen MR) is 84.5 cm³/mol. The van der Waals surface area contributed by atoms with Crippen LogP contribution in [0.3, 0.4) is 0 Å². The molecule has 23 heavy (non-hydrogen) atoms. The first-order valence-electron chi connectivity index (χ1n) is 7.69. The molecule has 0 saturated carbocycles. The third kappa shape index (κ3) is 3.52. The molecular formula is C17H22N2O4. The molecule has 124 valence electrons. The average Bonchev–Trinajstić information content (AvgIpc) is 2.50. The van der Waals surface area contributed by atoms with Gasteiger partial charge in [-0.05, 0) is 18.4 Å². The first-order valence-corrected chi connectivity index (χ1v) is 7.69. The van der Waals surface area contributed by atoms with Crippen LogP contribution < -0.4 is 0 Å². The largest absolute Gasteiger partial charge is 0.480 e. The Morgan fingerprint density at radius 1 is 1.00 bits per heavy atom. The van der Waals surface area contributed by atoms with Crippen molar-refractivity contribution in [2.75, 3.05) is 13.1 Å². The first-order chi connectivity index (χ1) is 10.8. The maximum Gasteiger partial charge on any atom is 0.326 e. The van der Waals surface area contributed by atoms with E-state index in [1.165, 1.54) is 9.80 Å². The van der Waals surface area contributed by atoms with E-state index in [2.05, 4.69) is 0 Å². The molecule has 0 unspecified atom stereocenters. The number of carboxylic acids is 1. The Morgan fingerprint density at radius 3 is 2.04 bits per heavy atom. The van der Waals surface area contributed by atoms with Gasteiger partial charge in [0.2, 0.25) is 11.8 Å². The van der Waals surface area contributed by atoms with Crippen LogP contribution in [0.5, 0.6) is 0 Å². The van der Waals surface area contributed by atoms with Crippen LogP contribution in [0.4, 0.5) is 0 Å². The van der Waals surface area contributed by atoms with E-state index in [9.17, 15) is 19.5 Å². The lowest BCUT2D eigenvalue weighted by atomic mass is 10.0. The second kappa shape index (κ2) is 6.81. The molecule has 1 aliphatic rings. The van der Waals surface area contributed by atoms with Gasteiger partial charge in [-0.15, -0.1) is 0 Å². The number of benzene rings is 1. The van der Waals surface area contributed by atoms with Crippen LogP contribution in [0.25, 0.3) is 0 Å². The summed E-state index contributed by atoms with van der Waals surface area (Å²) >= 11 is 0. The molecule has 0 radical (unpaired) electrons. The smallest absolute Gasteiger partial charge is 0.326 e. The van der Waals surface area contributed by atoms with Gasteiger partial charge < -0.3 is 14.9 Å². The minimum absolute atomic E-state index is 0.0919. The lowest BCUT2D eigenvalue weighted by Crippen LogP contribution is -2.60. The summed E-state index contributed by atoms with van der Waals surface area (Å²) in [6.07, 6.45) is 0. The van der Waals surface area contributed by atoms with E-state index in [-0.39, 0.29) is 36.9 Å². The van der Waals surface area contributed by atoms with Crippen molar-refractivity contribution in [1.82, 2.24) is 9.80 Å². The van der Waals surface area contributed by atoms with Crippen molar-refractivity contribution >= 4 is 17.8 Å². The topological polar surface area (TPSA) is 77.9 Å². The van der Waals surface area contributed by atoms with E-state index in [1.54, 1.807) is 13.8 Å². The quantitative estimate of drug-likeness (QED) is 0.893. The molecule has 1 aliphatic heterocycles. The molecular weight excluding hydrogens is 296 g/mol. The molecule has 0 bridgehead atoms. The Labute approximate surface area is 135 Å². The number of carbonyl (C=O) groups is 3. The zero-order valence-corrected chi connectivity index (χ0v) is 13.6. The number of carbonyl (C=O) groups excluding carboxylic acids is 2. The third-order valence-corrected chi connectivity index (χ3v) is 4.22. The van der Waals surface area contributed by atoms with Crippen molar-refractivity contribution in [2.45, 2.75) is 32.9 Å². The van der Waals surface area contributed by atoms with Crippen LogP contribution in [-0.2, 0) is 14.4 Å². The highest BCUT2D eigenvalue weighted by molar-refractivity contribution is 5.95. The fraction of sp³-hybridized carbons (Fsp3) is 0.471. The number of hydrogen-bond acceptors (Lipinski definition) is 3. The van der Waals surface area contributed by atoms with Gasteiger partial charge in [0, 0.05) is 0 Å². The number of aliphatic carboxylic acids is 1. The van der Waals surface area contributed by atoms with Crippen LogP contribution >= 0.6 is 0 Å². The van der Waals surface area contributed by atoms with Crippen molar-refractivity contribution < 1.29 is 19.5 Å². The summed E-state index contributed by atoms with van der Waals surface area (Å²) in [6, 6.07) is 8.27. The van der Waals surface area contributed by atoms with Gasteiger partial charge in [0.05, 0.1) is 6.04 Å². The van der Waals surface area contributed by atoms with Gasteiger partial charge in [-0.25, -0.2) is 4.79 Å². The van der Waals surface area contributed by atoms with Crippen LogP contribution in [0.2, 0.25) is 0 Å². The summed E-state index contributed by atoms with van der Waals surface area (Å²) < 4.78 is 0.